The first-order valence-corrected chi connectivity index (χ1v) is 11.4. The van der Waals surface area contributed by atoms with Gasteiger partial charge in [0.15, 0.2) is 0 Å². The molecule has 11 heteroatoms. The Hall–Kier alpha value is -2.76. The molecule has 1 saturated heterocycles. The molecule has 1 aromatic heterocycles. The Labute approximate surface area is 181 Å². The summed E-state index contributed by atoms with van der Waals surface area (Å²) in [7, 11) is -3.74. The number of benzene rings is 2. The van der Waals surface area contributed by atoms with E-state index in [0.717, 1.165) is 39.8 Å². The summed E-state index contributed by atoms with van der Waals surface area (Å²) in [5, 5.41) is 16.6. The van der Waals surface area contributed by atoms with Gasteiger partial charge in [-0.05, 0) is 43.2 Å². The highest BCUT2D eigenvalue weighted by molar-refractivity contribution is 9.10. The molecule has 0 spiro atoms. The number of nitro groups is 1. The predicted molar refractivity (Wildman–Crippen MR) is 118 cm³/mol. The summed E-state index contributed by atoms with van der Waals surface area (Å²) in [6, 6.07) is 9.58. The SMILES string of the molecule is O=[N+]([O-])c1cc(S(=O)(=O)N2CCCC2)ccc1NN=Cc1c[nH]c2ccc(Br)cc12. The standard InChI is InChI=1S/C19H18BrN5O4S/c20-14-3-5-17-16(9-14)13(11-21-17)12-22-23-18-6-4-15(10-19(18)25(26)27)30(28,29)24-7-1-2-8-24/h3-6,9-12,21,23H,1-2,7-8H2. The van der Waals surface area contributed by atoms with Gasteiger partial charge in [0.1, 0.15) is 5.69 Å². The molecule has 30 heavy (non-hydrogen) atoms. The van der Waals surface area contributed by atoms with Crippen LogP contribution in [-0.4, -0.2) is 41.9 Å². The Morgan fingerprint density at radius 3 is 2.70 bits per heavy atom. The molecule has 1 aliphatic rings. The van der Waals surface area contributed by atoms with E-state index in [0.29, 0.717) is 13.1 Å². The van der Waals surface area contributed by atoms with E-state index in [2.05, 4.69) is 31.4 Å². The van der Waals surface area contributed by atoms with Crippen molar-refractivity contribution in [1.82, 2.24) is 9.29 Å². The molecule has 3 aromatic rings. The minimum Gasteiger partial charge on any atom is -0.361 e. The second-order valence-corrected chi connectivity index (χ2v) is 9.70. The molecule has 0 bridgehead atoms. The molecule has 156 valence electrons. The fourth-order valence-corrected chi connectivity index (χ4v) is 5.29. The summed E-state index contributed by atoms with van der Waals surface area (Å²) < 4.78 is 27.6. The van der Waals surface area contributed by atoms with Gasteiger partial charge in [-0.1, -0.05) is 15.9 Å². The van der Waals surface area contributed by atoms with Crippen molar-refractivity contribution < 1.29 is 13.3 Å². The lowest BCUT2D eigenvalue weighted by Crippen LogP contribution is -2.27. The molecule has 2 aromatic carbocycles. The lowest BCUT2D eigenvalue weighted by molar-refractivity contribution is -0.384. The Bertz CT molecular complexity index is 1250. The van der Waals surface area contributed by atoms with Crippen LogP contribution in [0, 0.1) is 10.1 Å². The highest BCUT2D eigenvalue weighted by atomic mass is 79.9. The second-order valence-electron chi connectivity index (χ2n) is 6.85. The van der Waals surface area contributed by atoms with Crippen LogP contribution in [0.5, 0.6) is 0 Å². The molecule has 0 unspecified atom stereocenters. The van der Waals surface area contributed by atoms with Gasteiger partial charge in [-0.25, -0.2) is 8.42 Å². The maximum atomic E-state index is 12.7. The summed E-state index contributed by atoms with van der Waals surface area (Å²) in [6.45, 7) is 0.863. The van der Waals surface area contributed by atoms with Crippen LogP contribution >= 0.6 is 15.9 Å². The van der Waals surface area contributed by atoms with Gasteiger partial charge in [-0.3, -0.25) is 15.5 Å². The maximum absolute atomic E-state index is 12.7. The minimum absolute atomic E-state index is 0.0906. The number of hydrazone groups is 1. The van der Waals surface area contributed by atoms with Gasteiger partial charge < -0.3 is 4.98 Å². The van der Waals surface area contributed by atoms with Crippen LogP contribution in [0.25, 0.3) is 10.9 Å². The molecule has 0 amide bonds. The van der Waals surface area contributed by atoms with Gasteiger partial charge in [0.05, 0.1) is 16.0 Å². The largest absolute Gasteiger partial charge is 0.361 e. The third-order valence-corrected chi connectivity index (χ3v) is 7.32. The normalized spacial score (nSPS) is 15.2. The number of nitro benzene ring substituents is 1. The van der Waals surface area contributed by atoms with Crippen LogP contribution in [0.15, 0.2) is 57.1 Å². The Kier molecular flexibility index (Phi) is 5.58. The van der Waals surface area contributed by atoms with Gasteiger partial charge in [0, 0.05) is 46.3 Å². The van der Waals surface area contributed by atoms with Crippen molar-refractivity contribution in [1.29, 1.82) is 0 Å². The van der Waals surface area contributed by atoms with Gasteiger partial charge in [0.2, 0.25) is 10.0 Å². The van der Waals surface area contributed by atoms with E-state index >= 15 is 0 Å². The molecule has 0 saturated carbocycles. The highest BCUT2D eigenvalue weighted by Crippen LogP contribution is 2.30. The number of halogens is 1. The number of rotatable bonds is 6. The third-order valence-electron chi connectivity index (χ3n) is 4.93. The quantitative estimate of drug-likeness (QED) is 0.305. The molecule has 4 rings (SSSR count). The second kappa shape index (κ2) is 8.17. The average Bonchev–Trinajstić information content (AvgIpc) is 3.39. The average molecular weight is 492 g/mol. The molecular formula is C19H18BrN5O4S. The predicted octanol–water partition coefficient (Wildman–Crippen LogP) is 4.07. The molecule has 2 N–H and O–H groups in total. The maximum Gasteiger partial charge on any atom is 0.295 e. The zero-order valence-electron chi connectivity index (χ0n) is 15.7. The number of nitrogens with one attached hydrogen (secondary N) is 2. The minimum atomic E-state index is -3.74. The van der Waals surface area contributed by atoms with E-state index in [9.17, 15) is 18.5 Å². The molecule has 2 heterocycles. The lowest BCUT2D eigenvalue weighted by Gasteiger charge is -2.15. The molecular weight excluding hydrogens is 474 g/mol. The van der Waals surface area contributed by atoms with Crippen molar-refractivity contribution in [2.75, 3.05) is 18.5 Å². The fraction of sp³-hybridized carbons (Fsp3) is 0.211. The number of hydrogen-bond acceptors (Lipinski definition) is 6. The summed E-state index contributed by atoms with van der Waals surface area (Å²) in [4.78, 5) is 13.9. The Morgan fingerprint density at radius 1 is 1.20 bits per heavy atom. The number of H-pyrrole nitrogens is 1. The van der Waals surface area contributed by atoms with Gasteiger partial charge in [-0.15, -0.1) is 0 Å². The van der Waals surface area contributed by atoms with E-state index in [4.69, 9.17) is 0 Å². The van der Waals surface area contributed by atoms with Crippen molar-refractivity contribution in [3.63, 3.8) is 0 Å². The van der Waals surface area contributed by atoms with Crippen molar-refractivity contribution in [2.24, 2.45) is 5.10 Å². The van der Waals surface area contributed by atoms with E-state index in [-0.39, 0.29) is 16.3 Å². The first-order chi connectivity index (χ1) is 14.4. The summed E-state index contributed by atoms with van der Waals surface area (Å²) in [5.74, 6) is 0. The lowest BCUT2D eigenvalue weighted by atomic mass is 10.2. The Balaban J connectivity index is 1.60. The van der Waals surface area contributed by atoms with Crippen LogP contribution < -0.4 is 5.43 Å². The number of aromatic nitrogens is 1. The van der Waals surface area contributed by atoms with E-state index in [1.165, 1.54) is 16.4 Å². The first kappa shape index (κ1) is 20.5. The zero-order valence-corrected chi connectivity index (χ0v) is 18.1. The summed E-state index contributed by atoms with van der Waals surface area (Å²) in [5.41, 5.74) is 4.14. The molecule has 0 atom stereocenters. The number of sulfonamides is 1. The van der Waals surface area contributed by atoms with Crippen molar-refractivity contribution >= 4 is 54.4 Å². The Morgan fingerprint density at radius 2 is 1.97 bits per heavy atom. The zero-order chi connectivity index (χ0) is 21.3. The number of anilines is 1. The van der Waals surface area contributed by atoms with Crippen molar-refractivity contribution in [3.05, 3.63) is 62.7 Å². The van der Waals surface area contributed by atoms with E-state index in [1.807, 2.05) is 18.2 Å². The van der Waals surface area contributed by atoms with Crippen molar-refractivity contribution in [3.8, 4) is 0 Å². The topological polar surface area (TPSA) is 121 Å². The van der Waals surface area contributed by atoms with Crippen LogP contribution in [0.2, 0.25) is 0 Å². The third kappa shape index (κ3) is 3.95. The first-order valence-electron chi connectivity index (χ1n) is 9.20. The van der Waals surface area contributed by atoms with E-state index in [1.54, 1.807) is 12.4 Å². The highest BCUT2D eigenvalue weighted by Gasteiger charge is 2.29. The molecule has 0 aliphatic carbocycles. The molecule has 0 radical (unpaired) electrons. The monoisotopic (exact) mass is 491 g/mol. The smallest absolute Gasteiger partial charge is 0.295 e. The van der Waals surface area contributed by atoms with Crippen LogP contribution in [0.1, 0.15) is 18.4 Å². The van der Waals surface area contributed by atoms with Crippen LogP contribution in [0.3, 0.4) is 0 Å². The number of fused-ring (bicyclic) bond motifs is 1. The number of hydrogen-bond donors (Lipinski definition) is 2. The summed E-state index contributed by atoms with van der Waals surface area (Å²) in [6.07, 6.45) is 4.91. The van der Waals surface area contributed by atoms with E-state index < -0.39 is 14.9 Å². The number of aromatic amines is 1. The fourth-order valence-electron chi connectivity index (χ4n) is 3.39. The molecule has 9 nitrogen and oxygen atoms in total. The van der Waals surface area contributed by atoms with Crippen LogP contribution in [-0.2, 0) is 10.0 Å². The van der Waals surface area contributed by atoms with Gasteiger partial charge in [-0.2, -0.15) is 9.41 Å². The van der Waals surface area contributed by atoms with Gasteiger partial charge in [0.25, 0.3) is 5.69 Å². The summed E-state index contributed by atoms with van der Waals surface area (Å²) >= 11 is 3.43. The molecule has 1 fully saturated rings. The number of nitrogens with zero attached hydrogens (tertiary/aromatic N) is 3. The van der Waals surface area contributed by atoms with Crippen LogP contribution in [0.4, 0.5) is 11.4 Å². The van der Waals surface area contributed by atoms with Crippen molar-refractivity contribution in [2.45, 2.75) is 17.7 Å². The van der Waals surface area contributed by atoms with Gasteiger partial charge >= 0.3 is 0 Å². The molecule has 1 aliphatic heterocycles.